The molecular formula is C9H15ClN4O2. The first-order valence-electron chi connectivity index (χ1n) is 5.15. The summed E-state index contributed by atoms with van der Waals surface area (Å²) in [5, 5.41) is 11.7. The highest BCUT2D eigenvalue weighted by atomic mass is 35.5. The van der Waals surface area contributed by atoms with E-state index in [2.05, 4.69) is 20.3 Å². The van der Waals surface area contributed by atoms with Crippen LogP contribution >= 0.6 is 11.6 Å². The van der Waals surface area contributed by atoms with Crippen LogP contribution in [-0.2, 0) is 0 Å². The summed E-state index contributed by atoms with van der Waals surface area (Å²) in [5.41, 5.74) is 0. The number of unbranched alkanes of at least 4 members (excludes halogenated alkanes) is 1. The van der Waals surface area contributed by atoms with Gasteiger partial charge in [0, 0.05) is 13.2 Å². The Labute approximate surface area is 99.0 Å². The van der Waals surface area contributed by atoms with Gasteiger partial charge >= 0.3 is 6.01 Å². The summed E-state index contributed by atoms with van der Waals surface area (Å²) in [6, 6.07) is 0.215. The summed E-state index contributed by atoms with van der Waals surface area (Å²) in [4.78, 5) is 11.7. The quantitative estimate of drug-likeness (QED) is 0.702. The molecule has 0 radical (unpaired) electrons. The fourth-order valence-corrected chi connectivity index (χ4v) is 1.19. The molecule has 6 nitrogen and oxygen atoms in total. The molecule has 0 unspecified atom stereocenters. The number of ether oxygens (including phenoxy) is 1. The molecule has 7 heteroatoms. The highest BCUT2D eigenvalue weighted by Crippen LogP contribution is 2.11. The molecule has 1 aromatic rings. The number of aromatic nitrogens is 3. The Hall–Kier alpha value is -1.14. The summed E-state index contributed by atoms with van der Waals surface area (Å²) in [6.07, 6.45) is 1.58. The molecule has 0 aliphatic heterocycles. The smallest absolute Gasteiger partial charge is 0.322 e. The van der Waals surface area contributed by atoms with Crippen LogP contribution in [-0.4, -0.2) is 39.8 Å². The van der Waals surface area contributed by atoms with Gasteiger partial charge in [0.1, 0.15) is 0 Å². The first-order chi connectivity index (χ1) is 7.76. The second-order valence-electron chi connectivity index (χ2n) is 3.00. The molecule has 90 valence electrons. The van der Waals surface area contributed by atoms with E-state index < -0.39 is 0 Å². The van der Waals surface area contributed by atoms with Gasteiger partial charge in [0.15, 0.2) is 0 Å². The first-order valence-corrected chi connectivity index (χ1v) is 5.53. The van der Waals surface area contributed by atoms with E-state index >= 15 is 0 Å². The minimum atomic E-state index is 0.100. The third kappa shape index (κ3) is 4.59. The van der Waals surface area contributed by atoms with Crippen molar-refractivity contribution in [3.8, 4) is 6.01 Å². The molecule has 0 aliphatic rings. The number of hydrogen-bond acceptors (Lipinski definition) is 6. The lowest BCUT2D eigenvalue weighted by Gasteiger charge is -2.06. The monoisotopic (exact) mass is 246 g/mol. The highest BCUT2D eigenvalue weighted by molar-refractivity contribution is 6.28. The van der Waals surface area contributed by atoms with Crippen molar-refractivity contribution < 1.29 is 9.84 Å². The van der Waals surface area contributed by atoms with E-state index in [1.165, 1.54) is 0 Å². The molecule has 1 aromatic heterocycles. The topological polar surface area (TPSA) is 80.2 Å². The third-order valence-electron chi connectivity index (χ3n) is 1.73. The van der Waals surface area contributed by atoms with Gasteiger partial charge in [-0.25, -0.2) is 0 Å². The van der Waals surface area contributed by atoms with Gasteiger partial charge in [-0.15, -0.1) is 0 Å². The lowest BCUT2D eigenvalue weighted by atomic mass is 10.3. The molecule has 0 atom stereocenters. The molecule has 0 bridgehead atoms. The van der Waals surface area contributed by atoms with Crippen LogP contribution in [0.4, 0.5) is 5.95 Å². The van der Waals surface area contributed by atoms with Gasteiger partial charge in [-0.3, -0.25) is 0 Å². The van der Waals surface area contributed by atoms with E-state index in [0.29, 0.717) is 19.1 Å². The van der Waals surface area contributed by atoms with Crippen LogP contribution in [0.15, 0.2) is 0 Å². The molecule has 0 amide bonds. The fourth-order valence-electron chi connectivity index (χ4n) is 1.04. The Morgan fingerprint density at radius 1 is 1.31 bits per heavy atom. The summed E-state index contributed by atoms with van der Waals surface area (Å²) < 4.78 is 5.13. The van der Waals surface area contributed by atoms with Crippen molar-refractivity contribution in [1.29, 1.82) is 0 Å². The van der Waals surface area contributed by atoms with Crippen molar-refractivity contribution >= 4 is 17.5 Å². The molecule has 0 spiro atoms. The average Bonchev–Trinajstić information content (AvgIpc) is 2.24. The summed E-state index contributed by atoms with van der Waals surface area (Å²) in [5.74, 6) is 0.390. The fraction of sp³-hybridized carbons (Fsp3) is 0.667. The zero-order valence-electron chi connectivity index (χ0n) is 9.11. The Morgan fingerprint density at radius 3 is 2.81 bits per heavy atom. The van der Waals surface area contributed by atoms with Crippen molar-refractivity contribution in [3.05, 3.63) is 5.28 Å². The molecule has 1 heterocycles. The predicted molar refractivity (Wildman–Crippen MR) is 60.8 cm³/mol. The van der Waals surface area contributed by atoms with Crippen LogP contribution in [0.3, 0.4) is 0 Å². The van der Waals surface area contributed by atoms with Crippen molar-refractivity contribution in [2.45, 2.75) is 19.8 Å². The van der Waals surface area contributed by atoms with Crippen LogP contribution in [0, 0.1) is 0 Å². The lowest BCUT2D eigenvalue weighted by Crippen LogP contribution is -2.08. The number of hydrogen-bond donors (Lipinski definition) is 2. The Bertz CT molecular complexity index is 324. The Morgan fingerprint density at radius 2 is 2.12 bits per heavy atom. The van der Waals surface area contributed by atoms with E-state index in [4.69, 9.17) is 21.4 Å². The molecule has 0 saturated heterocycles. The average molecular weight is 247 g/mol. The zero-order valence-corrected chi connectivity index (χ0v) is 9.87. The van der Waals surface area contributed by atoms with Gasteiger partial charge in [0.25, 0.3) is 0 Å². The van der Waals surface area contributed by atoms with E-state index in [1.807, 2.05) is 6.92 Å². The van der Waals surface area contributed by atoms with Crippen molar-refractivity contribution in [2.75, 3.05) is 25.1 Å². The van der Waals surface area contributed by atoms with E-state index in [0.717, 1.165) is 12.8 Å². The SMILES string of the molecule is CCOc1nc(Cl)nc(NCCCCO)n1. The number of aliphatic hydroxyl groups is 1. The lowest BCUT2D eigenvalue weighted by molar-refractivity contribution is 0.286. The molecule has 1 rings (SSSR count). The maximum Gasteiger partial charge on any atom is 0.322 e. The van der Waals surface area contributed by atoms with E-state index in [-0.39, 0.29) is 17.9 Å². The predicted octanol–water partition coefficient (Wildman–Crippen LogP) is 1.11. The minimum absolute atomic E-state index is 0.100. The van der Waals surface area contributed by atoms with Crippen molar-refractivity contribution in [2.24, 2.45) is 0 Å². The zero-order chi connectivity index (χ0) is 11.8. The van der Waals surface area contributed by atoms with Gasteiger partial charge in [-0.2, -0.15) is 15.0 Å². The van der Waals surface area contributed by atoms with Gasteiger partial charge < -0.3 is 15.2 Å². The number of anilines is 1. The van der Waals surface area contributed by atoms with E-state index in [9.17, 15) is 0 Å². The maximum atomic E-state index is 8.61. The molecule has 0 saturated carbocycles. The summed E-state index contributed by atoms with van der Waals surface area (Å²) in [6.45, 7) is 3.17. The molecule has 0 aromatic carbocycles. The normalized spacial score (nSPS) is 10.2. The number of nitrogens with one attached hydrogen (secondary N) is 1. The van der Waals surface area contributed by atoms with Crippen LogP contribution < -0.4 is 10.1 Å². The molecule has 16 heavy (non-hydrogen) atoms. The van der Waals surface area contributed by atoms with E-state index in [1.54, 1.807) is 0 Å². The Kier molecular flexibility index (Phi) is 5.81. The van der Waals surface area contributed by atoms with Crippen LogP contribution in [0.2, 0.25) is 5.28 Å². The van der Waals surface area contributed by atoms with Gasteiger partial charge in [-0.1, -0.05) is 0 Å². The number of rotatable bonds is 7. The molecule has 2 N–H and O–H groups in total. The number of halogens is 1. The molecule has 0 aliphatic carbocycles. The highest BCUT2D eigenvalue weighted by Gasteiger charge is 2.04. The van der Waals surface area contributed by atoms with Crippen molar-refractivity contribution in [1.82, 2.24) is 15.0 Å². The second-order valence-corrected chi connectivity index (χ2v) is 3.34. The maximum absolute atomic E-state index is 8.61. The van der Waals surface area contributed by atoms with Crippen LogP contribution in [0.5, 0.6) is 6.01 Å². The van der Waals surface area contributed by atoms with Gasteiger partial charge in [0.2, 0.25) is 11.2 Å². The van der Waals surface area contributed by atoms with Crippen molar-refractivity contribution in [3.63, 3.8) is 0 Å². The third-order valence-corrected chi connectivity index (χ3v) is 1.90. The van der Waals surface area contributed by atoms with Crippen LogP contribution in [0.1, 0.15) is 19.8 Å². The number of nitrogens with zero attached hydrogens (tertiary/aromatic N) is 3. The number of aliphatic hydroxyl groups excluding tert-OH is 1. The minimum Gasteiger partial charge on any atom is -0.464 e. The molecule has 0 fully saturated rings. The van der Waals surface area contributed by atoms with Crippen LogP contribution in [0.25, 0.3) is 0 Å². The van der Waals surface area contributed by atoms with Gasteiger partial charge in [0.05, 0.1) is 6.61 Å². The summed E-state index contributed by atoms with van der Waals surface area (Å²) >= 11 is 5.70. The molecular weight excluding hydrogens is 232 g/mol. The standard InChI is InChI=1S/C9H15ClN4O2/c1-2-16-9-13-7(10)12-8(14-9)11-5-3-4-6-15/h15H,2-6H2,1H3,(H,11,12,13,14). The summed E-state index contributed by atoms with van der Waals surface area (Å²) in [7, 11) is 0. The Balaban J connectivity index is 2.51. The second kappa shape index (κ2) is 7.19. The largest absolute Gasteiger partial charge is 0.464 e. The van der Waals surface area contributed by atoms with Gasteiger partial charge in [-0.05, 0) is 31.4 Å². The first kappa shape index (κ1) is 12.9.